The largest absolute Gasteiger partial charge is 0.339 e. The Balaban J connectivity index is 1.93. The number of piperidine rings is 1. The Bertz CT molecular complexity index is 438. The van der Waals surface area contributed by atoms with Crippen LogP contribution in [0, 0.1) is 12.8 Å². The van der Waals surface area contributed by atoms with Crippen LogP contribution in [0.3, 0.4) is 0 Å². The van der Waals surface area contributed by atoms with Gasteiger partial charge in [0.05, 0.1) is 0 Å². The monoisotopic (exact) mass is 274 g/mol. The topological polar surface area (TPSA) is 32.3 Å². The highest BCUT2D eigenvalue weighted by Crippen LogP contribution is 2.18. The number of hydrogen-bond donors (Lipinski definition) is 1. The van der Waals surface area contributed by atoms with Gasteiger partial charge in [0.2, 0.25) is 5.91 Å². The van der Waals surface area contributed by atoms with Crippen molar-refractivity contribution in [3.05, 3.63) is 35.4 Å². The highest BCUT2D eigenvalue weighted by atomic mass is 16.2. The van der Waals surface area contributed by atoms with E-state index < -0.39 is 0 Å². The summed E-state index contributed by atoms with van der Waals surface area (Å²) < 4.78 is 0. The lowest BCUT2D eigenvalue weighted by atomic mass is 9.94. The summed E-state index contributed by atoms with van der Waals surface area (Å²) in [6.07, 6.45) is 2.97. The van der Waals surface area contributed by atoms with Gasteiger partial charge in [-0.3, -0.25) is 4.79 Å². The van der Waals surface area contributed by atoms with Gasteiger partial charge in [0.15, 0.2) is 0 Å². The van der Waals surface area contributed by atoms with Gasteiger partial charge >= 0.3 is 0 Å². The van der Waals surface area contributed by atoms with Crippen LogP contribution < -0.4 is 5.32 Å². The van der Waals surface area contributed by atoms with Gasteiger partial charge in [-0.1, -0.05) is 24.3 Å². The zero-order chi connectivity index (χ0) is 14.4. The number of benzene rings is 1. The maximum Gasteiger partial charge on any atom is 0.223 e. The lowest BCUT2D eigenvalue weighted by Crippen LogP contribution is -2.35. The molecule has 110 valence electrons. The van der Waals surface area contributed by atoms with E-state index in [1.54, 1.807) is 0 Å². The number of carbonyl (C=O) groups excluding carboxylic acids is 1. The summed E-state index contributed by atoms with van der Waals surface area (Å²) in [5.74, 6) is 0.873. The third kappa shape index (κ3) is 4.07. The van der Waals surface area contributed by atoms with Gasteiger partial charge in [-0.2, -0.15) is 0 Å². The summed E-state index contributed by atoms with van der Waals surface area (Å²) in [6, 6.07) is 8.33. The Hall–Kier alpha value is -1.35. The van der Waals surface area contributed by atoms with E-state index in [2.05, 4.69) is 31.3 Å². The molecule has 3 nitrogen and oxygen atoms in total. The van der Waals surface area contributed by atoms with Gasteiger partial charge < -0.3 is 10.2 Å². The summed E-state index contributed by atoms with van der Waals surface area (Å²) in [7, 11) is 0. The van der Waals surface area contributed by atoms with Gasteiger partial charge in [-0.05, 0) is 56.8 Å². The second-order valence-corrected chi connectivity index (χ2v) is 5.73. The summed E-state index contributed by atoms with van der Waals surface area (Å²) in [4.78, 5) is 14.5. The molecule has 0 saturated carbocycles. The number of hydrogen-bond acceptors (Lipinski definition) is 2. The molecule has 1 aliphatic heterocycles. The highest BCUT2D eigenvalue weighted by molar-refractivity contribution is 5.76. The average molecular weight is 274 g/mol. The van der Waals surface area contributed by atoms with Crippen molar-refractivity contribution in [2.24, 2.45) is 5.92 Å². The Kier molecular flexibility index (Phi) is 5.60. The first-order chi connectivity index (χ1) is 9.70. The van der Waals surface area contributed by atoms with Crippen LogP contribution in [0.2, 0.25) is 0 Å². The van der Waals surface area contributed by atoms with Crippen molar-refractivity contribution in [3.8, 4) is 0 Å². The molecule has 1 heterocycles. The van der Waals surface area contributed by atoms with Crippen molar-refractivity contribution in [3.63, 3.8) is 0 Å². The van der Waals surface area contributed by atoms with E-state index in [0.29, 0.717) is 18.2 Å². The molecular weight excluding hydrogens is 248 g/mol. The normalized spacial score (nSPS) is 16.1. The molecule has 0 atom stereocenters. The van der Waals surface area contributed by atoms with E-state index in [1.165, 1.54) is 11.1 Å². The smallest absolute Gasteiger partial charge is 0.223 e. The van der Waals surface area contributed by atoms with E-state index in [1.807, 2.05) is 17.0 Å². The van der Waals surface area contributed by atoms with Crippen LogP contribution in [-0.4, -0.2) is 30.4 Å². The Morgan fingerprint density at radius 1 is 1.30 bits per heavy atom. The molecule has 0 aromatic heterocycles. The molecule has 0 unspecified atom stereocenters. The SMILES string of the molecule is CCN(Cc1ccccc1C)C(=O)CC1CCNCC1. The third-order valence-electron chi connectivity index (χ3n) is 4.28. The highest BCUT2D eigenvalue weighted by Gasteiger charge is 2.20. The van der Waals surface area contributed by atoms with Crippen molar-refractivity contribution >= 4 is 5.91 Å². The van der Waals surface area contributed by atoms with Gasteiger partial charge in [0.25, 0.3) is 0 Å². The lowest BCUT2D eigenvalue weighted by molar-refractivity contribution is -0.132. The maximum absolute atomic E-state index is 12.5. The van der Waals surface area contributed by atoms with Crippen LogP contribution in [0.4, 0.5) is 0 Å². The van der Waals surface area contributed by atoms with Gasteiger partial charge in [0.1, 0.15) is 0 Å². The molecule has 1 aromatic rings. The minimum absolute atomic E-state index is 0.308. The van der Waals surface area contributed by atoms with Gasteiger partial charge in [-0.15, -0.1) is 0 Å². The quantitative estimate of drug-likeness (QED) is 0.895. The predicted octanol–water partition coefficient (Wildman–Crippen LogP) is 2.73. The Labute approximate surface area is 122 Å². The molecule has 0 spiro atoms. The molecular formula is C17H26N2O. The molecule has 2 rings (SSSR count). The van der Waals surface area contributed by atoms with E-state index in [-0.39, 0.29) is 0 Å². The molecule has 1 N–H and O–H groups in total. The van der Waals surface area contributed by atoms with E-state index in [4.69, 9.17) is 0 Å². The van der Waals surface area contributed by atoms with Crippen LogP contribution in [0.5, 0.6) is 0 Å². The van der Waals surface area contributed by atoms with Crippen molar-refractivity contribution in [2.45, 2.75) is 39.7 Å². The number of rotatable bonds is 5. The first kappa shape index (κ1) is 15.0. The van der Waals surface area contributed by atoms with Crippen LogP contribution in [-0.2, 0) is 11.3 Å². The first-order valence-electron chi connectivity index (χ1n) is 7.73. The summed E-state index contributed by atoms with van der Waals surface area (Å²) in [5.41, 5.74) is 2.52. The zero-order valence-corrected chi connectivity index (χ0v) is 12.7. The minimum atomic E-state index is 0.308. The van der Waals surface area contributed by atoms with Crippen LogP contribution in [0.25, 0.3) is 0 Å². The van der Waals surface area contributed by atoms with Crippen molar-refractivity contribution in [1.82, 2.24) is 10.2 Å². The molecule has 1 aliphatic rings. The molecule has 0 bridgehead atoms. The maximum atomic E-state index is 12.5. The second-order valence-electron chi connectivity index (χ2n) is 5.73. The molecule has 1 saturated heterocycles. The predicted molar refractivity (Wildman–Crippen MR) is 82.5 cm³/mol. The van der Waals surface area contributed by atoms with Crippen molar-refractivity contribution in [2.75, 3.05) is 19.6 Å². The van der Waals surface area contributed by atoms with Crippen molar-refractivity contribution in [1.29, 1.82) is 0 Å². The lowest BCUT2D eigenvalue weighted by Gasteiger charge is -2.27. The summed E-state index contributed by atoms with van der Waals surface area (Å²) >= 11 is 0. The summed E-state index contributed by atoms with van der Waals surface area (Å²) in [6.45, 7) is 7.83. The zero-order valence-electron chi connectivity index (χ0n) is 12.7. The van der Waals surface area contributed by atoms with Gasteiger partial charge in [-0.25, -0.2) is 0 Å². The number of amides is 1. The standard InChI is InChI=1S/C17H26N2O/c1-3-19(13-16-7-5-4-6-14(16)2)17(20)12-15-8-10-18-11-9-15/h4-7,15,18H,3,8-13H2,1-2H3. The van der Waals surface area contributed by atoms with E-state index in [9.17, 15) is 4.79 Å². The molecule has 3 heteroatoms. The van der Waals surface area contributed by atoms with Gasteiger partial charge in [0, 0.05) is 19.5 Å². The van der Waals surface area contributed by atoms with Crippen LogP contribution >= 0.6 is 0 Å². The number of nitrogens with zero attached hydrogens (tertiary/aromatic N) is 1. The number of aryl methyl sites for hydroxylation is 1. The molecule has 0 aliphatic carbocycles. The van der Waals surface area contributed by atoms with Crippen molar-refractivity contribution < 1.29 is 4.79 Å². The summed E-state index contributed by atoms with van der Waals surface area (Å²) in [5, 5.41) is 3.35. The first-order valence-corrected chi connectivity index (χ1v) is 7.73. The van der Waals surface area contributed by atoms with Crippen LogP contribution in [0.1, 0.15) is 37.3 Å². The molecule has 1 aromatic carbocycles. The average Bonchev–Trinajstić information content (AvgIpc) is 2.47. The third-order valence-corrected chi connectivity index (χ3v) is 4.28. The molecule has 20 heavy (non-hydrogen) atoms. The Morgan fingerprint density at radius 3 is 2.65 bits per heavy atom. The second kappa shape index (κ2) is 7.44. The molecule has 1 fully saturated rings. The molecule has 1 amide bonds. The fraction of sp³-hybridized carbons (Fsp3) is 0.588. The van der Waals surface area contributed by atoms with E-state index in [0.717, 1.165) is 39.0 Å². The fourth-order valence-electron chi connectivity index (χ4n) is 2.83. The number of carbonyl (C=O) groups is 1. The Morgan fingerprint density at radius 2 is 2.00 bits per heavy atom. The van der Waals surface area contributed by atoms with E-state index >= 15 is 0 Å². The number of nitrogens with one attached hydrogen (secondary N) is 1. The van der Waals surface area contributed by atoms with Crippen LogP contribution in [0.15, 0.2) is 24.3 Å². The fourth-order valence-corrected chi connectivity index (χ4v) is 2.83. The minimum Gasteiger partial charge on any atom is -0.339 e. The molecule has 0 radical (unpaired) electrons.